The fraction of sp³-hybridized carbons (Fsp3) is 0.200. The van der Waals surface area contributed by atoms with Crippen LogP contribution in [0.5, 0.6) is 0 Å². The van der Waals surface area contributed by atoms with Crippen LogP contribution >= 0.6 is 0 Å². The smallest absolute Gasteiger partial charge is 0.181 e. The van der Waals surface area contributed by atoms with Crippen LogP contribution in [0.4, 0.5) is 5.69 Å². The third-order valence-corrected chi connectivity index (χ3v) is 4.97. The molecule has 27 heavy (non-hydrogen) atoms. The van der Waals surface area contributed by atoms with Crippen LogP contribution in [0.3, 0.4) is 0 Å². The van der Waals surface area contributed by atoms with E-state index in [1.54, 1.807) is 12.4 Å². The SMILES string of the molecule is N#Cc1cnc2c(c1)CCC[C@@H]2Nc1ccc2[nH]nc(-c3cnco3)c2c1. The third kappa shape index (κ3) is 2.72. The van der Waals surface area contributed by atoms with Crippen molar-refractivity contribution in [2.75, 3.05) is 5.32 Å². The molecule has 1 aromatic carbocycles. The summed E-state index contributed by atoms with van der Waals surface area (Å²) in [6.07, 6.45) is 7.75. The highest BCUT2D eigenvalue weighted by Crippen LogP contribution is 2.33. The summed E-state index contributed by atoms with van der Waals surface area (Å²) in [5.41, 5.74) is 5.48. The maximum Gasteiger partial charge on any atom is 0.181 e. The highest BCUT2D eigenvalue weighted by atomic mass is 16.3. The predicted molar refractivity (Wildman–Crippen MR) is 99.8 cm³/mol. The average molecular weight is 356 g/mol. The minimum atomic E-state index is 0.125. The minimum absolute atomic E-state index is 0.125. The molecule has 0 fully saturated rings. The molecule has 0 amide bonds. The first kappa shape index (κ1) is 15.6. The van der Waals surface area contributed by atoms with Crippen molar-refractivity contribution in [3.63, 3.8) is 0 Å². The summed E-state index contributed by atoms with van der Waals surface area (Å²) in [6, 6.07) is 10.3. The van der Waals surface area contributed by atoms with E-state index in [-0.39, 0.29) is 6.04 Å². The standard InChI is InChI=1S/C20H16N6O/c21-8-12-6-13-2-1-3-17(19(13)23-9-12)24-14-4-5-16-15(7-14)20(26-25-16)18-10-22-11-27-18/h4-7,9-11,17,24H,1-3H2,(H,25,26)/t17-/m0/s1. The summed E-state index contributed by atoms with van der Waals surface area (Å²) >= 11 is 0. The van der Waals surface area contributed by atoms with E-state index in [1.807, 2.05) is 18.2 Å². The Bertz CT molecular complexity index is 1160. The van der Waals surface area contributed by atoms with E-state index in [0.717, 1.165) is 52.8 Å². The van der Waals surface area contributed by atoms with Gasteiger partial charge >= 0.3 is 0 Å². The van der Waals surface area contributed by atoms with Gasteiger partial charge in [-0.25, -0.2) is 4.98 Å². The molecule has 0 bridgehead atoms. The number of hydrogen-bond acceptors (Lipinski definition) is 6. The lowest BCUT2D eigenvalue weighted by Gasteiger charge is -2.26. The van der Waals surface area contributed by atoms with E-state index < -0.39 is 0 Å². The minimum Gasteiger partial charge on any atom is -0.442 e. The Morgan fingerprint density at radius 2 is 2.22 bits per heavy atom. The van der Waals surface area contributed by atoms with Crippen LogP contribution in [-0.4, -0.2) is 20.2 Å². The zero-order valence-electron chi connectivity index (χ0n) is 14.4. The molecule has 0 radical (unpaired) electrons. The Hall–Kier alpha value is -3.66. The number of fused-ring (bicyclic) bond motifs is 2. The lowest BCUT2D eigenvalue weighted by Crippen LogP contribution is -2.19. The van der Waals surface area contributed by atoms with Gasteiger partial charge in [-0.2, -0.15) is 10.4 Å². The highest BCUT2D eigenvalue weighted by Gasteiger charge is 2.22. The number of oxazole rings is 1. The van der Waals surface area contributed by atoms with Gasteiger partial charge in [-0.3, -0.25) is 10.1 Å². The van der Waals surface area contributed by atoms with E-state index in [2.05, 4.69) is 37.6 Å². The van der Waals surface area contributed by atoms with Crippen LogP contribution in [0.25, 0.3) is 22.4 Å². The van der Waals surface area contributed by atoms with Gasteiger partial charge in [0.2, 0.25) is 0 Å². The van der Waals surface area contributed by atoms with Crippen LogP contribution in [0.1, 0.15) is 35.7 Å². The molecule has 3 aromatic heterocycles. The van der Waals surface area contributed by atoms with E-state index in [0.29, 0.717) is 11.3 Å². The number of hydrogen-bond donors (Lipinski definition) is 2. The Labute approximate surface area is 155 Å². The van der Waals surface area contributed by atoms with Gasteiger partial charge in [0, 0.05) is 17.3 Å². The van der Waals surface area contributed by atoms with E-state index >= 15 is 0 Å². The number of nitrogens with one attached hydrogen (secondary N) is 2. The second-order valence-corrected chi connectivity index (χ2v) is 6.67. The fourth-order valence-electron chi connectivity index (χ4n) is 3.70. The molecule has 1 aliphatic carbocycles. The van der Waals surface area contributed by atoms with Crippen molar-refractivity contribution in [1.29, 1.82) is 5.26 Å². The fourth-order valence-corrected chi connectivity index (χ4v) is 3.70. The summed E-state index contributed by atoms with van der Waals surface area (Å²) in [5, 5.41) is 21.0. The molecule has 4 aromatic rings. The van der Waals surface area contributed by atoms with Crippen LogP contribution in [0.15, 0.2) is 47.5 Å². The Morgan fingerprint density at radius 3 is 3.07 bits per heavy atom. The number of aryl methyl sites for hydroxylation is 1. The molecular formula is C20H16N6O. The molecule has 5 rings (SSSR count). The summed E-state index contributed by atoms with van der Waals surface area (Å²) in [4.78, 5) is 8.52. The summed E-state index contributed by atoms with van der Waals surface area (Å²) in [7, 11) is 0. The molecule has 0 spiro atoms. The second-order valence-electron chi connectivity index (χ2n) is 6.67. The van der Waals surface area contributed by atoms with Gasteiger partial charge in [-0.1, -0.05) is 0 Å². The van der Waals surface area contributed by atoms with Gasteiger partial charge < -0.3 is 9.73 Å². The van der Waals surface area contributed by atoms with Crippen molar-refractivity contribution in [3.05, 3.63) is 59.9 Å². The molecule has 0 unspecified atom stereocenters. The van der Waals surface area contributed by atoms with Crippen molar-refractivity contribution >= 4 is 16.6 Å². The van der Waals surface area contributed by atoms with Crippen molar-refractivity contribution in [3.8, 4) is 17.5 Å². The molecule has 0 aliphatic heterocycles. The van der Waals surface area contributed by atoms with Gasteiger partial charge in [0.15, 0.2) is 12.2 Å². The summed E-state index contributed by atoms with van der Waals surface area (Å²) in [6.45, 7) is 0. The van der Waals surface area contributed by atoms with Crippen molar-refractivity contribution in [2.24, 2.45) is 0 Å². The highest BCUT2D eigenvalue weighted by molar-refractivity contribution is 5.93. The van der Waals surface area contributed by atoms with Crippen LogP contribution in [-0.2, 0) is 6.42 Å². The molecule has 1 atom stereocenters. The molecule has 3 heterocycles. The van der Waals surface area contributed by atoms with Gasteiger partial charge in [0.25, 0.3) is 0 Å². The second kappa shape index (κ2) is 6.25. The number of nitrogens with zero attached hydrogens (tertiary/aromatic N) is 4. The normalized spacial score (nSPS) is 16.0. The largest absolute Gasteiger partial charge is 0.442 e. The third-order valence-electron chi connectivity index (χ3n) is 4.97. The number of rotatable bonds is 3. The monoisotopic (exact) mass is 356 g/mol. The molecule has 7 nitrogen and oxygen atoms in total. The molecule has 2 N–H and O–H groups in total. The van der Waals surface area contributed by atoms with E-state index in [4.69, 9.17) is 9.68 Å². The summed E-state index contributed by atoms with van der Waals surface area (Å²) < 4.78 is 5.39. The number of anilines is 1. The molecule has 0 saturated heterocycles. The Kier molecular flexibility index (Phi) is 3.61. The molecule has 0 saturated carbocycles. The first-order valence-electron chi connectivity index (χ1n) is 8.84. The van der Waals surface area contributed by atoms with E-state index in [1.165, 1.54) is 6.39 Å². The number of aromatic amines is 1. The van der Waals surface area contributed by atoms with Crippen LogP contribution in [0, 0.1) is 11.3 Å². The molecule has 1 aliphatic rings. The maximum absolute atomic E-state index is 9.10. The van der Waals surface area contributed by atoms with Gasteiger partial charge in [-0.05, 0) is 49.1 Å². The number of benzene rings is 1. The van der Waals surface area contributed by atoms with Gasteiger partial charge in [0.05, 0.1) is 29.0 Å². The first-order valence-corrected chi connectivity index (χ1v) is 8.84. The van der Waals surface area contributed by atoms with Crippen molar-refractivity contribution in [1.82, 2.24) is 20.2 Å². The van der Waals surface area contributed by atoms with Gasteiger partial charge in [0.1, 0.15) is 11.8 Å². The Balaban J connectivity index is 1.49. The number of H-pyrrole nitrogens is 1. The molecule has 132 valence electrons. The van der Waals surface area contributed by atoms with Crippen LogP contribution < -0.4 is 5.32 Å². The topological polar surface area (TPSA) is 103 Å². The Morgan fingerprint density at radius 1 is 1.26 bits per heavy atom. The quantitative estimate of drug-likeness (QED) is 0.575. The first-order chi connectivity index (χ1) is 13.3. The van der Waals surface area contributed by atoms with Crippen molar-refractivity contribution < 1.29 is 4.42 Å². The van der Waals surface area contributed by atoms with E-state index in [9.17, 15) is 0 Å². The molecule has 7 heteroatoms. The maximum atomic E-state index is 9.10. The lowest BCUT2D eigenvalue weighted by molar-refractivity contribution is 0.570. The van der Waals surface area contributed by atoms with Gasteiger partial charge in [-0.15, -0.1) is 0 Å². The van der Waals surface area contributed by atoms with Crippen LogP contribution in [0.2, 0.25) is 0 Å². The predicted octanol–water partition coefficient (Wildman–Crippen LogP) is 3.97. The lowest BCUT2D eigenvalue weighted by atomic mass is 9.91. The number of nitriles is 1. The van der Waals surface area contributed by atoms with Crippen molar-refractivity contribution in [2.45, 2.75) is 25.3 Å². The zero-order valence-corrected chi connectivity index (χ0v) is 14.4. The number of pyridine rings is 1. The average Bonchev–Trinajstić information content (AvgIpc) is 3.37. The molecular weight excluding hydrogens is 340 g/mol. The number of aromatic nitrogens is 4. The zero-order chi connectivity index (χ0) is 18.2. The summed E-state index contributed by atoms with van der Waals surface area (Å²) in [5.74, 6) is 0.632.